The zero-order valence-electron chi connectivity index (χ0n) is 8.79. The standard InChI is InChI=1S/C10H7Cl2N3O3/c11-8-5-13-14(10(16)9(8)12)6-1-3-7(4-2-6)15(17)18/h1-5,17-18H. The molecule has 0 saturated heterocycles. The van der Waals surface area contributed by atoms with Crippen molar-refractivity contribution >= 4 is 28.9 Å². The minimum Gasteiger partial charge on any atom is -0.266 e. The average Bonchev–Trinajstić information content (AvgIpc) is 2.36. The lowest BCUT2D eigenvalue weighted by molar-refractivity contribution is 0.0291. The lowest BCUT2D eigenvalue weighted by atomic mass is 10.3. The molecule has 0 saturated carbocycles. The van der Waals surface area contributed by atoms with Crippen molar-refractivity contribution < 1.29 is 10.4 Å². The molecular weight excluding hydrogens is 281 g/mol. The second-order valence-corrected chi connectivity index (χ2v) is 4.11. The summed E-state index contributed by atoms with van der Waals surface area (Å²) in [6.07, 6.45) is 1.25. The van der Waals surface area contributed by atoms with Gasteiger partial charge in [-0.1, -0.05) is 23.2 Å². The summed E-state index contributed by atoms with van der Waals surface area (Å²) in [5, 5.41) is 21.3. The van der Waals surface area contributed by atoms with Crippen molar-refractivity contribution in [3.8, 4) is 5.69 Å². The Labute approximate surface area is 111 Å². The van der Waals surface area contributed by atoms with Gasteiger partial charge in [0.05, 0.1) is 22.6 Å². The summed E-state index contributed by atoms with van der Waals surface area (Å²) in [5.74, 6) is 0. The Morgan fingerprint density at radius 3 is 2.33 bits per heavy atom. The van der Waals surface area contributed by atoms with Gasteiger partial charge < -0.3 is 0 Å². The van der Waals surface area contributed by atoms with Crippen LogP contribution in [0.15, 0.2) is 35.3 Å². The van der Waals surface area contributed by atoms with E-state index in [2.05, 4.69) is 5.10 Å². The highest BCUT2D eigenvalue weighted by atomic mass is 35.5. The fraction of sp³-hybridized carbons (Fsp3) is 0. The average molecular weight is 288 g/mol. The first kappa shape index (κ1) is 12.8. The van der Waals surface area contributed by atoms with E-state index in [4.69, 9.17) is 33.6 Å². The number of benzene rings is 1. The lowest BCUT2D eigenvalue weighted by Crippen LogP contribution is -2.21. The summed E-state index contributed by atoms with van der Waals surface area (Å²) < 4.78 is 1.05. The van der Waals surface area contributed by atoms with Crippen LogP contribution in [-0.2, 0) is 0 Å². The number of anilines is 1. The Hall–Kier alpha value is -1.60. The first-order valence-electron chi connectivity index (χ1n) is 4.72. The number of aromatic nitrogens is 2. The number of halogens is 2. The molecule has 0 bridgehead atoms. The molecule has 94 valence electrons. The van der Waals surface area contributed by atoms with Gasteiger partial charge in [-0.3, -0.25) is 15.2 Å². The molecule has 1 heterocycles. The summed E-state index contributed by atoms with van der Waals surface area (Å²) in [6.45, 7) is 0. The van der Waals surface area contributed by atoms with Gasteiger partial charge in [0.25, 0.3) is 5.56 Å². The van der Waals surface area contributed by atoms with E-state index < -0.39 is 5.56 Å². The fourth-order valence-corrected chi connectivity index (χ4v) is 1.58. The van der Waals surface area contributed by atoms with Crippen LogP contribution in [0.3, 0.4) is 0 Å². The molecule has 18 heavy (non-hydrogen) atoms. The maximum absolute atomic E-state index is 11.8. The SMILES string of the molecule is O=c1c(Cl)c(Cl)cnn1-c1ccc(N(O)O)cc1. The first-order chi connectivity index (χ1) is 8.50. The molecule has 2 N–H and O–H groups in total. The van der Waals surface area contributed by atoms with Crippen LogP contribution in [0.25, 0.3) is 5.69 Å². The third kappa shape index (κ3) is 2.32. The lowest BCUT2D eigenvalue weighted by Gasteiger charge is -2.09. The van der Waals surface area contributed by atoms with Gasteiger partial charge in [-0.25, -0.2) is 0 Å². The minimum atomic E-state index is -0.554. The van der Waals surface area contributed by atoms with E-state index in [-0.39, 0.29) is 21.0 Å². The van der Waals surface area contributed by atoms with E-state index in [9.17, 15) is 4.79 Å². The van der Waals surface area contributed by atoms with Crippen LogP contribution in [-0.4, -0.2) is 20.2 Å². The predicted octanol–water partition coefficient (Wildman–Crippen LogP) is 2.12. The molecule has 0 radical (unpaired) electrons. The highest BCUT2D eigenvalue weighted by Crippen LogP contribution is 2.17. The van der Waals surface area contributed by atoms with Crippen LogP contribution in [0.2, 0.25) is 10.0 Å². The minimum absolute atomic E-state index is 0.0329. The van der Waals surface area contributed by atoms with Crippen LogP contribution < -0.4 is 10.8 Å². The summed E-state index contributed by atoms with van der Waals surface area (Å²) in [6, 6.07) is 5.75. The zero-order valence-corrected chi connectivity index (χ0v) is 10.3. The molecule has 8 heteroatoms. The summed E-state index contributed by atoms with van der Waals surface area (Å²) >= 11 is 11.4. The Morgan fingerprint density at radius 1 is 1.17 bits per heavy atom. The van der Waals surface area contributed by atoms with E-state index in [1.54, 1.807) is 0 Å². The molecule has 0 aliphatic rings. The number of hydrogen-bond donors (Lipinski definition) is 2. The van der Waals surface area contributed by atoms with Gasteiger partial charge in [0, 0.05) is 0 Å². The van der Waals surface area contributed by atoms with E-state index in [1.807, 2.05) is 0 Å². The van der Waals surface area contributed by atoms with Gasteiger partial charge in [0.15, 0.2) is 0 Å². The molecule has 2 rings (SSSR count). The normalized spacial score (nSPS) is 10.4. The summed E-state index contributed by atoms with van der Waals surface area (Å²) in [4.78, 5) is 11.8. The summed E-state index contributed by atoms with van der Waals surface area (Å²) in [5.41, 5.74) is 0.0118. The number of rotatable bonds is 2. The molecule has 0 aliphatic heterocycles. The van der Waals surface area contributed by atoms with Crippen LogP contribution in [0.1, 0.15) is 0 Å². The van der Waals surface area contributed by atoms with Gasteiger partial charge in [-0.15, -0.1) is 5.23 Å². The van der Waals surface area contributed by atoms with Crippen molar-refractivity contribution in [3.05, 3.63) is 50.9 Å². The van der Waals surface area contributed by atoms with Crippen molar-refractivity contribution in [3.63, 3.8) is 0 Å². The molecular formula is C10H7Cl2N3O3. The highest BCUT2D eigenvalue weighted by Gasteiger charge is 2.09. The fourth-order valence-electron chi connectivity index (χ4n) is 1.32. The number of nitrogens with zero attached hydrogens (tertiary/aromatic N) is 3. The summed E-state index contributed by atoms with van der Waals surface area (Å²) in [7, 11) is 0. The Kier molecular flexibility index (Phi) is 3.53. The van der Waals surface area contributed by atoms with E-state index >= 15 is 0 Å². The third-order valence-electron chi connectivity index (χ3n) is 2.20. The molecule has 1 aromatic carbocycles. The molecule has 0 amide bonds. The Balaban J connectivity index is 2.50. The van der Waals surface area contributed by atoms with Crippen molar-refractivity contribution in [1.29, 1.82) is 0 Å². The molecule has 0 aliphatic carbocycles. The van der Waals surface area contributed by atoms with Gasteiger partial charge in [-0.05, 0) is 24.3 Å². The predicted molar refractivity (Wildman–Crippen MR) is 65.9 cm³/mol. The highest BCUT2D eigenvalue weighted by molar-refractivity contribution is 6.41. The molecule has 0 atom stereocenters. The number of hydrogen-bond acceptors (Lipinski definition) is 5. The van der Waals surface area contributed by atoms with Crippen LogP contribution in [0.5, 0.6) is 0 Å². The van der Waals surface area contributed by atoms with Crippen molar-refractivity contribution in [2.75, 3.05) is 5.23 Å². The maximum Gasteiger partial charge on any atom is 0.291 e. The van der Waals surface area contributed by atoms with Crippen LogP contribution >= 0.6 is 23.2 Å². The van der Waals surface area contributed by atoms with Crippen molar-refractivity contribution in [2.45, 2.75) is 0 Å². The molecule has 6 nitrogen and oxygen atoms in total. The van der Waals surface area contributed by atoms with E-state index in [0.717, 1.165) is 4.68 Å². The van der Waals surface area contributed by atoms with Crippen LogP contribution in [0, 0.1) is 0 Å². The first-order valence-corrected chi connectivity index (χ1v) is 5.48. The molecule has 0 fully saturated rings. The molecule has 0 unspecified atom stereocenters. The van der Waals surface area contributed by atoms with Gasteiger partial charge in [0.2, 0.25) is 0 Å². The molecule has 1 aromatic heterocycles. The zero-order chi connectivity index (χ0) is 13.3. The van der Waals surface area contributed by atoms with Crippen LogP contribution in [0.4, 0.5) is 5.69 Å². The smallest absolute Gasteiger partial charge is 0.266 e. The van der Waals surface area contributed by atoms with E-state index in [1.165, 1.54) is 30.5 Å². The molecule has 2 aromatic rings. The Bertz CT molecular complexity index is 625. The van der Waals surface area contributed by atoms with Gasteiger partial charge in [-0.2, -0.15) is 9.78 Å². The topological polar surface area (TPSA) is 78.6 Å². The van der Waals surface area contributed by atoms with E-state index in [0.29, 0.717) is 5.69 Å². The largest absolute Gasteiger partial charge is 0.291 e. The Morgan fingerprint density at radius 2 is 1.78 bits per heavy atom. The third-order valence-corrected chi connectivity index (χ3v) is 2.95. The molecule has 0 spiro atoms. The van der Waals surface area contributed by atoms with Crippen molar-refractivity contribution in [2.24, 2.45) is 0 Å². The van der Waals surface area contributed by atoms with Gasteiger partial charge >= 0.3 is 0 Å². The second-order valence-electron chi connectivity index (χ2n) is 3.33. The monoisotopic (exact) mass is 287 g/mol. The van der Waals surface area contributed by atoms with Gasteiger partial charge in [0.1, 0.15) is 5.02 Å². The maximum atomic E-state index is 11.8. The second kappa shape index (κ2) is 4.95. The quantitative estimate of drug-likeness (QED) is 0.827. The van der Waals surface area contributed by atoms with Crippen molar-refractivity contribution in [1.82, 2.24) is 9.78 Å².